The molecule has 0 amide bonds. The van der Waals surface area contributed by atoms with E-state index < -0.39 is 0 Å². The highest BCUT2D eigenvalue weighted by Crippen LogP contribution is 2.25. The van der Waals surface area contributed by atoms with Gasteiger partial charge in [0.05, 0.1) is 12.7 Å². The third-order valence-corrected chi connectivity index (χ3v) is 1.94. The number of ether oxygens (including phenoxy) is 2. The molecule has 4 heteroatoms. The number of Topliss-reactive ketones (excluding diaryl/α,β-unsaturated/α-hetero) is 1. The van der Waals surface area contributed by atoms with Crippen molar-refractivity contribution in [2.45, 2.75) is 6.92 Å². The fraction of sp³-hybridized carbons (Fsp3) is 0.364. The van der Waals surface area contributed by atoms with Crippen LogP contribution in [-0.4, -0.2) is 26.0 Å². The van der Waals surface area contributed by atoms with Gasteiger partial charge in [0.15, 0.2) is 5.78 Å². The van der Waals surface area contributed by atoms with Crippen LogP contribution >= 0.6 is 0 Å². The summed E-state index contributed by atoms with van der Waals surface area (Å²) in [6.45, 7) is 2.29. The van der Waals surface area contributed by atoms with Crippen molar-refractivity contribution in [1.82, 2.24) is 0 Å². The number of ketones is 1. The highest BCUT2D eigenvalue weighted by Gasteiger charge is 2.09. The number of carbonyl (C=O) groups excluding carboxylic acids is 1. The molecule has 2 N–H and O–H groups in total. The Kier molecular flexibility index (Phi) is 4.12. The summed E-state index contributed by atoms with van der Waals surface area (Å²) < 4.78 is 10.4. The first kappa shape index (κ1) is 11.5. The van der Waals surface area contributed by atoms with Gasteiger partial charge in [0.2, 0.25) is 0 Å². The molecule has 0 atom stereocenters. The molecule has 15 heavy (non-hydrogen) atoms. The van der Waals surface area contributed by atoms with Crippen molar-refractivity contribution in [3.05, 3.63) is 23.8 Å². The predicted molar refractivity (Wildman–Crippen MR) is 57.5 cm³/mol. The summed E-state index contributed by atoms with van der Waals surface area (Å²) >= 11 is 0. The Hall–Kier alpha value is -1.55. The van der Waals surface area contributed by atoms with E-state index in [0.29, 0.717) is 30.2 Å². The normalized spacial score (nSPS) is 9.80. The molecule has 0 spiro atoms. The molecular formula is C11H15NO3. The van der Waals surface area contributed by atoms with E-state index in [0.717, 1.165) is 0 Å². The minimum absolute atomic E-state index is 0.0373. The Bertz CT molecular complexity index is 350. The minimum Gasteiger partial charge on any atom is -0.497 e. The number of rotatable bonds is 5. The van der Waals surface area contributed by atoms with E-state index in [1.165, 1.54) is 6.92 Å². The summed E-state index contributed by atoms with van der Waals surface area (Å²) in [5.74, 6) is 1.14. The van der Waals surface area contributed by atoms with E-state index >= 15 is 0 Å². The lowest BCUT2D eigenvalue weighted by Crippen LogP contribution is -2.12. The van der Waals surface area contributed by atoms with Crippen LogP contribution in [0.3, 0.4) is 0 Å². The topological polar surface area (TPSA) is 61.5 Å². The molecule has 0 radical (unpaired) electrons. The largest absolute Gasteiger partial charge is 0.497 e. The zero-order chi connectivity index (χ0) is 11.3. The first-order valence-corrected chi connectivity index (χ1v) is 4.71. The van der Waals surface area contributed by atoms with Crippen LogP contribution in [0.4, 0.5) is 0 Å². The smallest absolute Gasteiger partial charge is 0.163 e. The molecule has 0 saturated carbocycles. The standard InChI is InChI=1S/C11H15NO3/c1-8(13)10-4-3-9(14-2)7-11(10)15-6-5-12/h3-4,7H,5-6,12H2,1-2H3. The van der Waals surface area contributed by atoms with Crippen LogP contribution in [0.1, 0.15) is 17.3 Å². The predicted octanol–water partition coefficient (Wildman–Crippen LogP) is 1.24. The molecule has 0 aliphatic carbocycles. The Morgan fingerprint density at radius 2 is 2.20 bits per heavy atom. The van der Waals surface area contributed by atoms with Crippen molar-refractivity contribution in [2.75, 3.05) is 20.3 Å². The lowest BCUT2D eigenvalue weighted by molar-refractivity contribution is 0.101. The highest BCUT2D eigenvalue weighted by molar-refractivity contribution is 5.97. The molecule has 0 saturated heterocycles. The van der Waals surface area contributed by atoms with E-state index in [1.54, 1.807) is 25.3 Å². The van der Waals surface area contributed by atoms with E-state index in [1.807, 2.05) is 0 Å². The van der Waals surface area contributed by atoms with Crippen molar-refractivity contribution in [3.8, 4) is 11.5 Å². The van der Waals surface area contributed by atoms with Gasteiger partial charge in [-0.2, -0.15) is 0 Å². The van der Waals surface area contributed by atoms with Crippen molar-refractivity contribution >= 4 is 5.78 Å². The molecule has 0 aliphatic rings. The fourth-order valence-corrected chi connectivity index (χ4v) is 1.21. The number of carbonyl (C=O) groups is 1. The van der Waals surface area contributed by atoms with Gasteiger partial charge in [-0.15, -0.1) is 0 Å². The molecule has 4 nitrogen and oxygen atoms in total. The maximum absolute atomic E-state index is 11.3. The first-order valence-electron chi connectivity index (χ1n) is 4.71. The summed E-state index contributed by atoms with van der Waals surface area (Å²) in [4.78, 5) is 11.3. The number of methoxy groups -OCH3 is 1. The number of hydrogen-bond donors (Lipinski definition) is 1. The van der Waals surface area contributed by atoms with Gasteiger partial charge in [-0.3, -0.25) is 4.79 Å². The van der Waals surface area contributed by atoms with E-state index in [-0.39, 0.29) is 5.78 Å². The second-order valence-corrected chi connectivity index (χ2v) is 3.06. The Balaban J connectivity index is 2.99. The van der Waals surface area contributed by atoms with Crippen LogP contribution in [0.2, 0.25) is 0 Å². The van der Waals surface area contributed by atoms with E-state index in [4.69, 9.17) is 15.2 Å². The molecule has 0 bridgehead atoms. The second-order valence-electron chi connectivity index (χ2n) is 3.06. The lowest BCUT2D eigenvalue weighted by atomic mass is 10.1. The van der Waals surface area contributed by atoms with Gasteiger partial charge in [-0.05, 0) is 19.1 Å². The van der Waals surface area contributed by atoms with Gasteiger partial charge in [0.25, 0.3) is 0 Å². The highest BCUT2D eigenvalue weighted by atomic mass is 16.5. The SMILES string of the molecule is COc1ccc(C(C)=O)c(OCCN)c1. The van der Waals surface area contributed by atoms with Crippen LogP contribution in [0.25, 0.3) is 0 Å². The van der Waals surface area contributed by atoms with E-state index in [9.17, 15) is 4.79 Å². The zero-order valence-electron chi connectivity index (χ0n) is 8.95. The Morgan fingerprint density at radius 3 is 2.73 bits per heavy atom. The molecule has 1 rings (SSSR count). The maximum Gasteiger partial charge on any atom is 0.163 e. The summed E-state index contributed by atoms with van der Waals surface area (Å²) in [6.07, 6.45) is 0. The maximum atomic E-state index is 11.3. The minimum atomic E-state index is -0.0373. The molecule has 0 aliphatic heterocycles. The van der Waals surface area contributed by atoms with Crippen LogP contribution < -0.4 is 15.2 Å². The average Bonchev–Trinajstić information content (AvgIpc) is 2.25. The number of hydrogen-bond acceptors (Lipinski definition) is 4. The monoisotopic (exact) mass is 209 g/mol. The summed E-state index contributed by atoms with van der Waals surface area (Å²) in [5, 5.41) is 0. The molecule has 1 aromatic carbocycles. The van der Waals surface area contributed by atoms with Gasteiger partial charge < -0.3 is 15.2 Å². The molecule has 0 aromatic heterocycles. The fourth-order valence-electron chi connectivity index (χ4n) is 1.21. The third kappa shape index (κ3) is 2.95. The summed E-state index contributed by atoms with van der Waals surface area (Å²) in [7, 11) is 1.56. The first-order chi connectivity index (χ1) is 7.19. The summed E-state index contributed by atoms with van der Waals surface area (Å²) in [5.41, 5.74) is 5.88. The van der Waals surface area contributed by atoms with Crippen molar-refractivity contribution in [3.63, 3.8) is 0 Å². The zero-order valence-corrected chi connectivity index (χ0v) is 8.95. The molecule has 0 unspecified atom stereocenters. The van der Waals surface area contributed by atoms with Crippen LogP contribution in [-0.2, 0) is 0 Å². The van der Waals surface area contributed by atoms with Gasteiger partial charge in [0.1, 0.15) is 18.1 Å². The van der Waals surface area contributed by atoms with E-state index in [2.05, 4.69) is 0 Å². The lowest BCUT2D eigenvalue weighted by Gasteiger charge is -2.10. The van der Waals surface area contributed by atoms with Crippen LogP contribution in [0.5, 0.6) is 11.5 Å². The van der Waals surface area contributed by atoms with Crippen molar-refractivity contribution in [2.24, 2.45) is 5.73 Å². The Morgan fingerprint density at radius 1 is 1.47 bits per heavy atom. The third-order valence-electron chi connectivity index (χ3n) is 1.94. The molecule has 82 valence electrons. The van der Waals surface area contributed by atoms with Gasteiger partial charge in [-0.25, -0.2) is 0 Å². The average molecular weight is 209 g/mol. The molecule has 0 heterocycles. The van der Waals surface area contributed by atoms with Gasteiger partial charge in [-0.1, -0.05) is 0 Å². The van der Waals surface area contributed by atoms with Crippen molar-refractivity contribution < 1.29 is 14.3 Å². The quantitative estimate of drug-likeness (QED) is 0.741. The van der Waals surface area contributed by atoms with Gasteiger partial charge in [0, 0.05) is 12.6 Å². The Labute approximate surface area is 89.0 Å². The van der Waals surface area contributed by atoms with Crippen LogP contribution in [0, 0.1) is 0 Å². The van der Waals surface area contributed by atoms with Gasteiger partial charge >= 0.3 is 0 Å². The molecule has 1 aromatic rings. The molecular weight excluding hydrogens is 194 g/mol. The number of nitrogens with two attached hydrogens (primary N) is 1. The second kappa shape index (κ2) is 5.36. The summed E-state index contributed by atoms with van der Waals surface area (Å²) in [6, 6.07) is 5.10. The van der Waals surface area contributed by atoms with Crippen molar-refractivity contribution in [1.29, 1.82) is 0 Å². The van der Waals surface area contributed by atoms with Crippen LogP contribution in [0.15, 0.2) is 18.2 Å². The molecule has 0 fully saturated rings. The number of benzene rings is 1.